The van der Waals surface area contributed by atoms with E-state index in [9.17, 15) is 4.79 Å². The number of carbonyl (C=O) groups excluding carboxylic acids is 1. The molecule has 0 unspecified atom stereocenters. The lowest BCUT2D eigenvalue weighted by Gasteiger charge is -2.23. The van der Waals surface area contributed by atoms with Crippen molar-refractivity contribution < 1.29 is 4.79 Å². The number of rotatable bonds is 7. The third kappa shape index (κ3) is 4.89. The van der Waals surface area contributed by atoms with Gasteiger partial charge in [0.25, 0.3) is 5.91 Å². The van der Waals surface area contributed by atoms with Crippen LogP contribution in [0.3, 0.4) is 0 Å². The summed E-state index contributed by atoms with van der Waals surface area (Å²) in [5, 5.41) is 0.925. The molecular formula is C20H29N3OS. The molecule has 4 nitrogen and oxygen atoms in total. The van der Waals surface area contributed by atoms with Gasteiger partial charge in [-0.05, 0) is 53.4 Å². The quantitative estimate of drug-likeness (QED) is 0.745. The molecule has 136 valence electrons. The van der Waals surface area contributed by atoms with E-state index in [2.05, 4.69) is 55.9 Å². The van der Waals surface area contributed by atoms with Crippen LogP contribution in [0.4, 0.5) is 0 Å². The molecule has 1 aromatic carbocycles. The van der Waals surface area contributed by atoms with E-state index in [0.717, 1.165) is 40.8 Å². The third-order valence-corrected chi connectivity index (χ3v) is 5.61. The zero-order valence-electron chi connectivity index (χ0n) is 16.2. The van der Waals surface area contributed by atoms with Gasteiger partial charge < -0.3 is 9.80 Å². The van der Waals surface area contributed by atoms with Gasteiger partial charge in [0.2, 0.25) is 0 Å². The van der Waals surface area contributed by atoms with Crippen LogP contribution in [-0.2, 0) is 0 Å². The fraction of sp³-hybridized carbons (Fsp3) is 0.500. The van der Waals surface area contributed by atoms with Crippen LogP contribution in [0.1, 0.15) is 40.3 Å². The van der Waals surface area contributed by atoms with E-state index in [1.54, 1.807) is 0 Å². The molecule has 25 heavy (non-hydrogen) atoms. The minimum absolute atomic E-state index is 0.0950. The first-order valence-corrected chi connectivity index (χ1v) is 9.71. The molecule has 0 fully saturated rings. The van der Waals surface area contributed by atoms with Gasteiger partial charge in [-0.3, -0.25) is 4.79 Å². The summed E-state index contributed by atoms with van der Waals surface area (Å²) in [6.07, 6.45) is 0. The second kappa shape index (κ2) is 8.59. The molecule has 0 bridgehead atoms. The van der Waals surface area contributed by atoms with Crippen molar-refractivity contribution in [2.75, 3.05) is 33.2 Å². The summed E-state index contributed by atoms with van der Waals surface area (Å²) >= 11 is 1.51. The highest BCUT2D eigenvalue weighted by molar-refractivity contribution is 7.17. The highest BCUT2D eigenvalue weighted by Gasteiger charge is 2.21. The molecule has 1 heterocycles. The molecule has 5 heteroatoms. The standard InChI is InChI=1S/C20H29N3OS/c1-7-22(6)9-10-23(8-2)20(24)18-16(5)21-19(25-18)17-12-14(3)11-15(4)13-17/h11-13H,7-10H2,1-6H3. The molecule has 0 aliphatic rings. The second-order valence-corrected chi connectivity index (χ2v) is 7.59. The van der Waals surface area contributed by atoms with Gasteiger partial charge in [0, 0.05) is 25.2 Å². The van der Waals surface area contributed by atoms with Crippen molar-refractivity contribution in [3.63, 3.8) is 0 Å². The largest absolute Gasteiger partial charge is 0.337 e. The van der Waals surface area contributed by atoms with Crippen LogP contribution in [0.15, 0.2) is 18.2 Å². The Hall–Kier alpha value is -1.72. The lowest BCUT2D eigenvalue weighted by atomic mass is 10.1. The van der Waals surface area contributed by atoms with Crippen molar-refractivity contribution in [2.45, 2.75) is 34.6 Å². The average molecular weight is 360 g/mol. The summed E-state index contributed by atoms with van der Waals surface area (Å²) in [6, 6.07) is 6.42. The Balaban J connectivity index is 2.24. The molecule has 0 spiro atoms. The fourth-order valence-corrected chi connectivity index (χ4v) is 3.83. The smallest absolute Gasteiger partial charge is 0.265 e. The summed E-state index contributed by atoms with van der Waals surface area (Å²) in [5.41, 5.74) is 4.35. The van der Waals surface area contributed by atoms with E-state index in [0.29, 0.717) is 6.54 Å². The van der Waals surface area contributed by atoms with E-state index >= 15 is 0 Å². The number of nitrogens with zero attached hydrogens (tertiary/aromatic N) is 3. The number of hydrogen-bond acceptors (Lipinski definition) is 4. The highest BCUT2D eigenvalue weighted by atomic mass is 32.1. The fourth-order valence-electron chi connectivity index (χ4n) is 2.81. The molecule has 0 saturated heterocycles. The van der Waals surface area contributed by atoms with Gasteiger partial charge in [-0.2, -0.15) is 0 Å². The molecule has 1 amide bonds. The zero-order valence-corrected chi connectivity index (χ0v) is 17.0. The maximum Gasteiger partial charge on any atom is 0.265 e. The molecule has 0 radical (unpaired) electrons. The van der Waals surface area contributed by atoms with Crippen molar-refractivity contribution in [3.8, 4) is 10.6 Å². The van der Waals surface area contributed by atoms with Crippen molar-refractivity contribution in [1.29, 1.82) is 0 Å². The summed E-state index contributed by atoms with van der Waals surface area (Å²) in [5.74, 6) is 0.0950. The first kappa shape index (κ1) is 19.6. The highest BCUT2D eigenvalue weighted by Crippen LogP contribution is 2.30. The monoisotopic (exact) mass is 359 g/mol. The number of aromatic nitrogens is 1. The molecule has 0 aliphatic carbocycles. The minimum Gasteiger partial charge on any atom is -0.337 e. The first-order chi connectivity index (χ1) is 11.8. The Morgan fingerprint density at radius 3 is 2.24 bits per heavy atom. The minimum atomic E-state index is 0.0950. The normalized spacial score (nSPS) is 11.2. The van der Waals surface area contributed by atoms with Gasteiger partial charge in [0.15, 0.2) is 0 Å². The maximum atomic E-state index is 13.0. The van der Waals surface area contributed by atoms with Crippen LogP contribution in [0, 0.1) is 20.8 Å². The predicted molar refractivity (Wildman–Crippen MR) is 107 cm³/mol. The molecule has 2 aromatic rings. The summed E-state index contributed by atoms with van der Waals surface area (Å²) in [6.45, 7) is 13.6. The first-order valence-electron chi connectivity index (χ1n) is 8.89. The van der Waals surface area contributed by atoms with E-state index in [4.69, 9.17) is 0 Å². The van der Waals surface area contributed by atoms with Crippen LogP contribution >= 0.6 is 11.3 Å². The Kier molecular flexibility index (Phi) is 6.73. The maximum absolute atomic E-state index is 13.0. The van der Waals surface area contributed by atoms with Crippen molar-refractivity contribution >= 4 is 17.2 Å². The van der Waals surface area contributed by atoms with E-state index in [-0.39, 0.29) is 5.91 Å². The van der Waals surface area contributed by atoms with Crippen LogP contribution in [-0.4, -0.2) is 53.9 Å². The Bertz CT molecular complexity index is 718. The third-order valence-electron chi connectivity index (χ3n) is 4.42. The zero-order chi connectivity index (χ0) is 18.6. The number of thiazole rings is 1. The average Bonchev–Trinajstić information content (AvgIpc) is 2.96. The topological polar surface area (TPSA) is 36.4 Å². The Labute approximate surface area is 155 Å². The summed E-state index contributed by atoms with van der Waals surface area (Å²) in [4.78, 5) is 22.5. The molecular weight excluding hydrogens is 330 g/mol. The van der Waals surface area contributed by atoms with Gasteiger partial charge in [-0.15, -0.1) is 11.3 Å². The molecule has 1 aromatic heterocycles. The molecule has 0 N–H and O–H groups in total. The predicted octanol–water partition coefficient (Wildman–Crippen LogP) is 4.15. The van der Waals surface area contributed by atoms with Crippen LogP contribution in [0.25, 0.3) is 10.6 Å². The summed E-state index contributed by atoms with van der Waals surface area (Å²) < 4.78 is 0. The Morgan fingerprint density at radius 2 is 1.68 bits per heavy atom. The molecule has 0 saturated carbocycles. The van der Waals surface area contributed by atoms with E-state index in [1.165, 1.54) is 22.5 Å². The number of benzene rings is 1. The van der Waals surface area contributed by atoms with Crippen LogP contribution in [0.2, 0.25) is 0 Å². The van der Waals surface area contributed by atoms with Crippen molar-refractivity contribution in [3.05, 3.63) is 39.9 Å². The molecule has 2 rings (SSSR count). The number of likely N-dealkylation sites (N-methyl/N-ethyl adjacent to an activating group) is 2. The van der Waals surface area contributed by atoms with Gasteiger partial charge in [0.1, 0.15) is 9.88 Å². The summed E-state index contributed by atoms with van der Waals surface area (Å²) in [7, 11) is 2.08. The van der Waals surface area contributed by atoms with Gasteiger partial charge in [0.05, 0.1) is 5.69 Å². The van der Waals surface area contributed by atoms with E-state index < -0.39 is 0 Å². The van der Waals surface area contributed by atoms with Crippen LogP contribution in [0.5, 0.6) is 0 Å². The SMILES string of the molecule is CCN(C)CCN(CC)C(=O)c1sc(-c2cc(C)cc(C)c2)nc1C. The lowest BCUT2D eigenvalue weighted by Crippen LogP contribution is -2.37. The molecule has 0 aliphatic heterocycles. The number of amides is 1. The number of aryl methyl sites for hydroxylation is 3. The second-order valence-electron chi connectivity index (χ2n) is 6.59. The van der Waals surface area contributed by atoms with E-state index in [1.807, 2.05) is 18.7 Å². The van der Waals surface area contributed by atoms with Gasteiger partial charge in [-0.1, -0.05) is 24.1 Å². The number of hydrogen-bond donors (Lipinski definition) is 0. The van der Waals surface area contributed by atoms with Gasteiger partial charge >= 0.3 is 0 Å². The Morgan fingerprint density at radius 1 is 1.04 bits per heavy atom. The number of carbonyl (C=O) groups is 1. The van der Waals surface area contributed by atoms with Crippen LogP contribution < -0.4 is 0 Å². The lowest BCUT2D eigenvalue weighted by molar-refractivity contribution is 0.0755. The van der Waals surface area contributed by atoms with Crippen molar-refractivity contribution in [1.82, 2.24) is 14.8 Å². The molecule has 0 atom stereocenters. The van der Waals surface area contributed by atoms with Gasteiger partial charge in [-0.25, -0.2) is 4.98 Å². The van der Waals surface area contributed by atoms with Crippen molar-refractivity contribution in [2.24, 2.45) is 0 Å².